The van der Waals surface area contributed by atoms with Gasteiger partial charge in [-0.05, 0) is 31.5 Å². The molecule has 0 saturated carbocycles. The number of nitrogens with one attached hydrogen (secondary N) is 1. The first-order chi connectivity index (χ1) is 6.68. The van der Waals surface area contributed by atoms with Crippen molar-refractivity contribution in [3.63, 3.8) is 0 Å². The Hall–Kier alpha value is -0.120. The van der Waals surface area contributed by atoms with Crippen molar-refractivity contribution in [1.29, 1.82) is 0 Å². The third-order valence-corrected chi connectivity index (χ3v) is 3.19. The van der Waals surface area contributed by atoms with Crippen LogP contribution in [-0.4, -0.2) is 6.54 Å². The van der Waals surface area contributed by atoms with Gasteiger partial charge in [0.2, 0.25) is 0 Å². The van der Waals surface area contributed by atoms with E-state index in [0.717, 1.165) is 23.9 Å². The van der Waals surface area contributed by atoms with Gasteiger partial charge in [-0.1, -0.05) is 27.5 Å². The molecule has 0 aromatic heterocycles. The maximum absolute atomic E-state index is 13.6. The highest BCUT2D eigenvalue weighted by molar-refractivity contribution is 9.10. The summed E-state index contributed by atoms with van der Waals surface area (Å²) < 4.78 is 14.5. The molecule has 1 aromatic rings. The van der Waals surface area contributed by atoms with Crippen LogP contribution >= 0.6 is 27.5 Å². The molecule has 1 atom stereocenters. The zero-order valence-corrected chi connectivity index (χ0v) is 9.83. The lowest BCUT2D eigenvalue weighted by molar-refractivity contribution is 0.558. The second-order valence-electron chi connectivity index (χ2n) is 3.44. The molecule has 0 bridgehead atoms. The minimum Gasteiger partial charge on any atom is -0.310 e. The highest BCUT2D eigenvalue weighted by Crippen LogP contribution is 2.31. The first kappa shape index (κ1) is 10.4. The first-order valence-electron chi connectivity index (χ1n) is 4.56. The van der Waals surface area contributed by atoms with Gasteiger partial charge in [0.1, 0.15) is 5.82 Å². The average Bonchev–Trinajstić information content (AvgIpc) is 2.63. The van der Waals surface area contributed by atoms with Gasteiger partial charge in [-0.25, -0.2) is 4.39 Å². The molecule has 0 radical (unpaired) electrons. The fourth-order valence-electron chi connectivity index (χ4n) is 1.78. The summed E-state index contributed by atoms with van der Waals surface area (Å²) in [5, 5.41) is 3.43. The van der Waals surface area contributed by atoms with E-state index in [2.05, 4.69) is 21.2 Å². The molecule has 1 saturated heterocycles. The smallest absolute Gasteiger partial charge is 0.146 e. The molecule has 1 heterocycles. The Morgan fingerprint density at radius 2 is 2.29 bits per heavy atom. The molecule has 0 spiro atoms. The maximum Gasteiger partial charge on any atom is 0.146 e. The van der Waals surface area contributed by atoms with Gasteiger partial charge in [0, 0.05) is 16.1 Å². The van der Waals surface area contributed by atoms with E-state index < -0.39 is 0 Å². The highest BCUT2D eigenvalue weighted by atomic mass is 79.9. The molecule has 14 heavy (non-hydrogen) atoms. The van der Waals surface area contributed by atoms with Gasteiger partial charge in [-0.15, -0.1) is 0 Å². The van der Waals surface area contributed by atoms with Gasteiger partial charge >= 0.3 is 0 Å². The Morgan fingerprint density at radius 3 is 2.93 bits per heavy atom. The van der Waals surface area contributed by atoms with Crippen molar-refractivity contribution in [2.45, 2.75) is 18.9 Å². The molecule has 0 amide bonds. The third-order valence-electron chi connectivity index (χ3n) is 2.46. The summed E-state index contributed by atoms with van der Waals surface area (Å²) in [5.41, 5.74) is 0.668. The van der Waals surface area contributed by atoms with Crippen LogP contribution in [0.25, 0.3) is 0 Å². The predicted molar refractivity (Wildman–Crippen MR) is 59.1 cm³/mol. The Kier molecular flexibility index (Phi) is 3.10. The van der Waals surface area contributed by atoms with Crippen LogP contribution in [0, 0.1) is 5.82 Å². The summed E-state index contributed by atoms with van der Waals surface area (Å²) in [6.45, 7) is 0.953. The summed E-state index contributed by atoms with van der Waals surface area (Å²) >= 11 is 9.08. The number of benzene rings is 1. The summed E-state index contributed by atoms with van der Waals surface area (Å²) in [6, 6.07) is 3.49. The van der Waals surface area contributed by atoms with Gasteiger partial charge in [0.15, 0.2) is 0 Å². The van der Waals surface area contributed by atoms with Crippen molar-refractivity contribution in [1.82, 2.24) is 5.32 Å². The second-order valence-corrected chi connectivity index (χ2v) is 4.76. The lowest BCUT2D eigenvalue weighted by Gasteiger charge is -2.12. The lowest BCUT2D eigenvalue weighted by atomic mass is 10.1. The van der Waals surface area contributed by atoms with Crippen molar-refractivity contribution >= 4 is 27.5 Å². The summed E-state index contributed by atoms with van der Waals surface area (Å²) in [4.78, 5) is 0. The van der Waals surface area contributed by atoms with Crippen LogP contribution in [0.1, 0.15) is 24.4 Å². The minimum atomic E-state index is -0.297. The predicted octanol–water partition coefficient (Wildman–Crippen LogP) is 3.67. The number of rotatable bonds is 1. The van der Waals surface area contributed by atoms with Crippen LogP contribution in [0.4, 0.5) is 4.39 Å². The van der Waals surface area contributed by atoms with Crippen LogP contribution in [0.5, 0.6) is 0 Å². The summed E-state index contributed by atoms with van der Waals surface area (Å²) in [7, 11) is 0. The monoisotopic (exact) mass is 277 g/mol. The zero-order chi connectivity index (χ0) is 10.1. The molecule has 76 valence electrons. The van der Waals surface area contributed by atoms with E-state index in [9.17, 15) is 4.39 Å². The maximum atomic E-state index is 13.6. The summed E-state index contributed by atoms with van der Waals surface area (Å²) in [6.07, 6.45) is 2.07. The highest BCUT2D eigenvalue weighted by Gasteiger charge is 2.21. The second kappa shape index (κ2) is 4.17. The minimum absolute atomic E-state index is 0.116. The van der Waals surface area contributed by atoms with Gasteiger partial charge in [-0.2, -0.15) is 0 Å². The van der Waals surface area contributed by atoms with Crippen LogP contribution < -0.4 is 5.32 Å². The van der Waals surface area contributed by atoms with E-state index in [1.165, 1.54) is 0 Å². The van der Waals surface area contributed by atoms with Crippen LogP contribution in [0.3, 0.4) is 0 Å². The lowest BCUT2D eigenvalue weighted by Crippen LogP contribution is -2.14. The Bertz CT molecular complexity index is 350. The molecule has 1 N–H and O–H groups in total. The first-order valence-corrected chi connectivity index (χ1v) is 5.73. The van der Waals surface area contributed by atoms with Crippen molar-refractivity contribution in [3.8, 4) is 0 Å². The van der Waals surface area contributed by atoms with Crippen molar-refractivity contribution in [3.05, 3.63) is 33.0 Å². The molecule has 0 aliphatic carbocycles. The molecular weight excluding hydrogens is 268 g/mol. The van der Waals surface area contributed by atoms with E-state index >= 15 is 0 Å². The van der Waals surface area contributed by atoms with Gasteiger partial charge < -0.3 is 5.32 Å². The Morgan fingerprint density at radius 1 is 1.50 bits per heavy atom. The third kappa shape index (κ3) is 1.95. The van der Waals surface area contributed by atoms with E-state index in [0.29, 0.717) is 5.56 Å². The van der Waals surface area contributed by atoms with E-state index in [4.69, 9.17) is 11.6 Å². The molecule has 1 aromatic carbocycles. The van der Waals surface area contributed by atoms with Gasteiger partial charge in [0.25, 0.3) is 0 Å². The Labute approximate surface area is 95.8 Å². The standard InChI is InChI=1S/C10H10BrClFN/c11-6-4-7(9-2-1-3-14-9)10(13)8(12)5-6/h4-5,9,14H,1-3H2/t9-/m1/s1. The van der Waals surface area contributed by atoms with E-state index in [-0.39, 0.29) is 16.9 Å². The summed E-state index contributed by atoms with van der Waals surface area (Å²) in [5.74, 6) is -0.297. The van der Waals surface area contributed by atoms with Crippen LogP contribution in [0.2, 0.25) is 5.02 Å². The SMILES string of the molecule is Fc1c(Cl)cc(Br)cc1[C@H]1CCCN1. The van der Waals surface area contributed by atoms with Gasteiger partial charge in [-0.3, -0.25) is 0 Å². The fourth-order valence-corrected chi connectivity index (χ4v) is 2.61. The molecule has 0 unspecified atom stereocenters. The molecule has 1 aliphatic rings. The zero-order valence-electron chi connectivity index (χ0n) is 7.49. The average molecular weight is 279 g/mol. The Balaban J connectivity index is 2.40. The molecule has 1 fully saturated rings. The van der Waals surface area contributed by atoms with Crippen LogP contribution in [0.15, 0.2) is 16.6 Å². The molecule has 4 heteroatoms. The largest absolute Gasteiger partial charge is 0.310 e. The van der Waals surface area contributed by atoms with Crippen LogP contribution in [-0.2, 0) is 0 Å². The van der Waals surface area contributed by atoms with Crippen molar-refractivity contribution in [2.75, 3.05) is 6.54 Å². The molecule has 1 nitrogen and oxygen atoms in total. The fraction of sp³-hybridized carbons (Fsp3) is 0.400. The van der Waals surface area contributed by atoms with E-state index in [1.807, 2.05) is 0 Å². The molecule has 1 aliphatic heterocycles. The number of hydrogen-bond acceptors (Lipinski definition) is 1. The molecular formula is C10H10BrClFN. The molecule has 2 rings (SSSR count). The normalized spacial score (nSPS) is 21.5. The quantitative estimate of drug-likeness (QED) is 0.773. The number of halogens is 3. The number of hydrogen-bond donors (Lipinski definition) is 1. The van der Waals surface area contributed by atoms with Gasteiger partial charge in [0.05, 0.1) is 5.02 Å². The van der Waals surface area contributed by atoms with E-state index in [1.54, 1.807) is 12.1 Å². The topological polar surface area (TPSA) is 12.0 Å². The van der Waals surface area contributed by atoms with Crippen molar-refractivity contribution < 1.29 is 4.39 Å². The van der Waals surface area contributed by atoms with Crippen molar-refractivity contribution in [2.24, 2.45) is 0 Å².